The second kappa shape index (κ2) is 11.5. The lowest BCUT2D eigenvalue weighted by Crippen LogP contribution is -2.00. The lowest BCUT2D eigenvalue weighted by atomic mass is 9.99. The van der Waals surface area contributed by atoms with Gasteiger partial charge in [-0.25, -0.2) is 15.0 Å². The Labute approximate surface area is 313 Å². The van der Waals surface area contributed by atoms with Crippen molar-refractivity contribution in [1.82, 2.24) is 19.5 Å². The first-order chi connectivity index (χ1) is 27.2. The monoisotopic (exact) mass is 704 g/mol. The summed E-state index contributed by atoms with van der Waals surface area (Å²) in [4.78, 5) is 15.3. The molecule has 0 fully saturated rings. The average Bonchev–Trinajstić information content (AvgIpc) is 3.92. The number of fused-ring (bicyclic) bond motifs is 11. The minimum Gasteiger partial charge on any atom is -0.456 e. The van der Waals surface area contributed by atoms with Crippen LogP contribution in [0.4, 0.5) is 0 Å². The molecule has 6 heteroatoms. The molecule has 0 aliphatic rings. The second-order valence-corrected chi connectivity index (χ2v) is 14.0. The number of hydrogen-bond acceptors (Lipinski definition) is 5. The quantitative estimate of drug-likeness (QED) is 0.182. The van der Waals surface area contributed by atoms with Crippen LogP contribution in [0.3, 0.4) is 0 Å². The predicted molar refractivity (Wildman–Crippen MR) is 223 cm³/mol. The highest BCUT2D eigenvalue weighted by molar-refractivity contribution is 6.22. The van der Waals surface area contributed by atoms with E-state index in [-0.39, 0.29) is 0 Å². The fourth-order valence-electron chi connectivity index (χ4n) is 8.31. The maximum atomic E-state index is 6.80. The molecule has 0 spiro atoms. The molecule has 4 heterocycles. The second-order valence-electron chi connectivity index (χ2n) is 14.0. The van der Waals surface area contributed by atoms with Gasteiger partial charge in [-0.2, -0.15) is 0 Å². The average molecular weight is 705 g/mol. The van der Waals surface area contributed by atoms with Crippen molar-refractivity contribution in [3.05, 3.63) is 170 Å². The third-order valence-corrected chi connectivity index (χ3v) is 10.8. The smallest absolute Gasteiger partial charge is 0.164 e. The third kappa shape index (κ3) is 4.52. The van der Waals surface area contributed by atoms with E-state index in [0.717, 1.165) is 88.1 Å². The highest BCUT2D eigenvalue weighted by Crippen LogP contribution is 2.43. The van der Waals surface area contributed by atoms with Gasteiger partial charge in [0, 0.05) is 66.1 Å². The van der Waals surface area contributed by atoms with E-state index in [4.69, 9.17) is 23.8 Å². The molecule has 0 N–H and O–H groups in total. The normalized spacial score (nSPS) is 12.0. The van der Waals surface area contributed by atoms with Gasteiger partial charge >= 0.3 is 0 Å². The highest BCUT2D eigenvalue weighted by atomic mass is 16.3. The highest BCUT2D eigenvalue weighted by Gasteiger charge is 2.22. The van der Waals surface area contributed by atoms with Crippen LogP contribution in [0, 0.1) is 0 Å². The minimum absolute atomic E-state index is 0.584. The summed E-state index contributed by atoms with van der Waals surface area (Å²) in [5.74, 6) is 1.81. The van der Waals surface area contributed by atoms with Crippen LogP contribution in [-0.4, -0.2) is 19.5 Å². The first-order valence-corrected chi connectivity index (χ1v) is 18.4. The van der Waals surface area contributed by atoms with E-state index in [0.29, 0.717) is 17.5 Å². The molecule has 4 aromatic heterocycles. The summed E-state index contributed by atoms with van der Waals surface area (Å²) >= 11 is 0. The zero-order valence-electron chi connectivity index (χ0n) is 29.3. The maximum Gasteiger partial charge on any atom is 0.164 e. The minimum atomic E-state index is 0.584. The Balaban J connectivity index is 1.16. The van der Waals surface area contributed by atoms with E-state index < -0.39 is 0 Å². The van der Waals surface area contributed by atoms with Gasteiger partial charge < -0.3 is 13.4 Å². The molecule has 6 nitrogen and oxygen atoms in total. The Kier molecular flexibility index (Phi) is 6.24. The molecule has 12 rings (SSSR count). The van der Waals surface area contributed by atoms with Crippen LogP contribution in [0.25, 0.3) is 116 Å². The summed E-state index contributed by atoms with van der Waals surface area (Å²) in [5, 5.41) is 8.60. The SMILES string of the molecule is c1ccc(-c2nc(-c3ccccc3)nc(-c3cc4ccccc4c4oc5ccc(-n6c7ccccc7c7cc8c(cc76)oc6ccccc68)cc5c34)n2)cc1. The summed E-state index contributed by atoms with van der Waals surface area (Å²) < 4.78 is 15.5. The van der Waals surface area contributed by atoms with Crippen molar-refractivity contribution in [3.8, 4) is 39.9 Å². The van der Waals surface area contributed by atoms with Crippen LogP contribution in [0.15, 0.2) is 179 Å². The van der Waals surface area contributed by atoms with E-state index in [9.17, 15) is 0 Å². The first kappa shape index (κ1) is 29.9. The molecule has 0 unspecified atom stereocenters. The van der Waals surface area contributed by atoms with Gasteiger partial charge in [0.15, 0.2) is 17.5 Å². The molecule has 0 saturated heterocycles. The van der Waals surface area contributed by atoms with E-state index in [1.54, 1.807) is 0 Å². The number of furan rings is 2. The molecule has 0 aliphatic heterocycles. The molecule has 12 aromatic rings. The van der Waals surface area contributed by atoms with Crippen molar-refractivity contribution < 1.29 is 8.83 Å². The van der Waals surface area contributed by atoms with Gasteiger partial charge in [0.25, 0.3) is 0 Å². The number of aromatic nitrogens is 4. The Morgan fingerprint density at radius 1 is 0.382 bits per heavy atom. The van der Waals surface area contributed by atoms with Crippen molar-refractivity contribution in [2.45, 2.75) is 0 Å². The summed E-state index contributed by atoms with van der Waals surface area (Å²) in [5.41, 5.74) is 9.26. The van der Waals surface area contributed by atoms with E-state index >= 15 is 0 Å². The van der Waals surface area contributed by atoms with E-state index in [2.05, 4.69) is 102 Å². The molecule has 0 atom stereocenters. The van der Waals surface area contributed by atoms with Crippen LogP contribution in [-0.2, 0) is 0 Å². The maximum absolute atomic E-state index is 6.80. The molecule has 256 valence electrons. The number of hydrogen-bond donors (Lipinski definition) is 0. The number of nitrogens with zero attached hydrogens (tertiary/aromatic N) is 4. The van der Waals surface area contributed by atoms with Gasteiger partial charge in [-0.3, -0.25) is 0 Å². The van der Waals surface area contributed by atoms with E-state index in [1.165, 1.54) is 10.8 Å². The Morgan fingerprint density at radius 2 is 1.02 bits per heavy atom. The first-order valence-electron chi connectivity index (χ1n) is 18.4. The molecular formula is C49H28N4O2. The molecule has 0 amide bonds. The molecule has 55 heavy (non-hydrogen) atoms. The lowest BCUT2D eigenvalue weighted by molar-refractivity contribution is 0.669. The standard InChI is InChI=1S/C49H28N4O2/c1-3-13-29(14-4-1)47-50-48(30-15-5-2-6-16-30)52-49(51-47)39-25-31-17-7-8-18-33(31)46-45(39)38-26-32(23-24-43(38)55-46)53-40-21-11-9-19-34(40)36-27-37-35-20-10-12-22-42(35)54-44(37)28-41(36)53/h1-28H. The molecular weight excluding hydrogens is 677 g/mol. The number of benzene rings is 8. The molecule has 0 bridgehead atoms. The fourth-order valence-corrected chi connectivity index (χ4v) is 8.31. The van der Waals surface area contributed by atoms with Crippen molar-refractivity contribution in [2.24, 2.45) is 0 Å². The Morgan fingerprint density at radius 3 is 1.80 bits per heavy atom. The van der Waals surface area contributed by atoms with E-state index in [1.807, 2.05) is 72.8 Å². The van der Waals surface area contributed by atoms with Crippen molar-refractivity contribution >= 4 is 76.5 Å². The molecule has 0 radical (unpaired) electrons. The van der Waals surface area contributed by atoms with Crippen LogP contribution in [0.1, 0.15) is 0 Å². The molecule has 8 aromatic carbocycles. The van der Waals surface area contributed by atoms with Gasteiger partial charge in [0.2, 0.25) is 0 Å². The zero-order chi connectivity index (χ0) is 36.0. The number of rotatable bonds is 4. The number of para-hydroxylation sites is 2. The lowest BCUT2D eigenvalue weighted by Gasteiger charge is -2.11. The summed E-state index contributed by atoms with van der Waals surface area (Å²) in [6.45, 7) is 0. The topological polar surface area (TPSA) is 69.9 Å². The Bertz CT molecular complexity index is 3430. The largest absolute Gasteiger partial charge is 0.456 e. The van der Waals surface area contributed by atoms with Gasteiger partial charge in [-0.15, -0.1) is 0 Å². The van der Waals surface area contributed by atoms with Gasteiger partial charge in [0.05, 0.1) is 11.0 Å². The van der Waals surface area contributed by atoms with Gasteiger partial charge in [-0.1, -0.05) is 121 Å². The zero-order valence-corrected chi connectivity index (χ0v) is 29.3. The van der Waals surface area contributed by atoms with Crippen LogP contribution < -0.4 is 0 Å². The van der Waals surface area contributed by atoms with Crippen molar-refractivity contribution in [3.63, 3.8) is 0 Å². The van der Waals surface area contributed by atoms with Crippen LogP contribution in [0.5, 0.6) is 0 Å². The Hall–Kier alpha value is -7.57. The van der Waals surface area contributed by atoms with Gasteiger partial charge in [0.1, 0.15) is 22.3 Å². The van der Waals surface area contributed by atoms with Crippen molar-refractivity contribution in [1.29, 1.82) is 0 Å². The summed E-state index contributed by atoms with van der Waals surface area (Å²) in [6.07, 6.45) is 0. The fraction of sp³-hybridized carbons (Fsp3) is 0. The summed E-state index contributed by atoms with van der Waals surface area (Å²) in [6, 6.07) is 58.5. The predicted octanol–water partition coefficient (Wildman–Crippen LogP) is 12.9. The van der Waals surface area contributed by atoms with Crippen LogP contribution in [0.2, 0.25) is 0 Å². The van der Waals surface area contributed by atoms with Gasteiger partial charge in [-0.05, 0) is 47.9 Å². The summed E-state index contributed by atoms with van der Waals surface area (Å²) in [7, 11) is 0. The third-order valence-electron chi connectivity index (χ3n) is 10.8. The molecule has 0 aliphatic carbocycles. The molecule has 0 saturated carbocycles. The van der Waals surface area contributed by atoms with Crippen LogP contribution >= 0.6 is 0 Å². The van der Waals surface area contributed by atoms with Crippen molar-refractivity contribution in [2.75, 3.05) is 0 Å².